The summed E-state index contributed by atoms with van der Waals surface area (Å²) in [5.41, 5.74) is 1.08. The second kappa shape index (κ2) is 4.26. The van der Waals surface area contributed by atoms with Gasteiger partial charge >= 0.3 is 0 Å². The summed E-state index contributed by atoms with van der Waals surface area (Å²) < 4.78 is 10.4. The van der Waals surface area contributed by atoms with Crippen molar-refractivity contribution in [1.29, 1.82) is 0 Å². The topological polar surface area (TPSA) is 67.8 Å². The van der Waals surface area contributed by atoms with E-state index in [1.54, 1.807) is 0 Å². The van der Waals surface area contributed by atoms with Crippen LogP contribution in [0.4, 0.5) is 5.69 Å². The van der Waals surface area contributed by atoms with Gasteiger partial charge in [0, 0.05) is 12.1 Å². The molecule has 1 aromatic rings. The van der Waals surface area contributed by atoms with E-state index < -0.39 is 5.41 Å². The molecule has 1 aromatic carbocycles. The number of amides is 1. The first kappa shape index (κ1) is 11.5. The number of aliphatic hydroxyl groups is 1. The van der Waals surface area contributed by atoms with Gasteiger partial charge in [0.05, 0.1) is 26.4 Å². The Hall–Kier alpha value is -1.59. The molecule has 0 radical (unpaired) electrons. The van der Waals surface area contributed by atoms with Gasteiger partial charge < -0.3 is 19.9 Å². The molecule has 0 unspecified atom stereocenters. The van der Waals surface area contributed by atoms with Gasteiger partial charge in [0.25, 0.3) is 0 Å². The Bertz CT molecular complexity index is 476. The molecule has 0 atom stereocenters. The van der Waals surface area contributed by atoms with E-state index in [9.17, 15) is 9.90 Å². The van der Waals surface area contributed by atoms with Crippen LogP contribution in [0.1, 0.15) is 5.56 Å². The molecule has 1 fully saturated rings. The van der Waals surface area contributed by atoms with Gasteiger partial charge in [-0.2, -0.15) is 0 Å². The third kappa shape index (κ3) is 1.76. The molecule has 3 rings (SSSR count). The minimum Gasteiger partial charge on any atom is -0.493 e. The van der Waals surface area contributed by atoms with Gasteiger partial charge in [-0.3, -0.25) is 4.79 Å². The van der Waals surface area contributed by atoms with Crippen molar-refractivity contribution in [2.45, 2.75) is 6.42 Å². The summed E-state index contributed by atoms with van der Waals surface area (Å²) in [6.07, 6.45) is 0.868. The van der Waals surface area contributed by atoms with Gasteiger partial charge in [-0.1, -0.05) is 0 Å². The van der Waals surface area contributed by atoms with Gasteiger partial charge in [0.1, 0.15) is 11.2 Å². The Balaban J connectivity index is 1.74. The number of anilines is 1. The van der Waals surface area contributed by atoms with E-state index in [4.69, 9.17) is 9.47 Å². The lowest BCUT2D eigenvalue weighted by Crippen LogP contribution is -2.54. The van der Waals surface area contributed by atoms with Gasteiger partial charge in [-0.15, -0.1) is 0 Å². The Morgan fingerprint density at radius 1 is 1.44 bits per heavy atom. The third-order valence-electron chi connectivity index (χ3n) is 3.49. The lowest BCUT2D eigenvalue weighted by molar-refractivity contribution is -0.164. The van der Waals surface area contributed by atoms with Crippen molar-refractivity contribution in [3.05, 3.63) is 23.8 Å². The molecule has 2 N–H and O–H groups in total. The zero-order chi connectivity index (χ0) is 12.6. The highest BCUT2D eigenvalue weighted by Gasteiger charge is 2.45. The first-order valence-corrected chi connectivity index (χ1v) is 5.99. The van der Waals surface area contributed by atoms with Crippen LogP contribution in [0.5, 0.6) is 5.75 Å². The van der Waals surface area contributed by atoms with Gasteiger partial charge in [0.2, 0.25) is 5.91 Å². The Morgan fingerprint density at radius 2 is 2.28 bits per heavy atom. The van der Waals surface area contributed by atoms with Crippen LogP contribution in [0, 0.1) is 5.41 Å². The highest BCUT2D eigenvalue weighted by atomic mass is 16.5. The number of carbonyl (C=O) groups excluding carboxylic acids is 1. The van der Waals surface area contributed by atoms with Crippen molar-refractivity contribution in [2.24, 2.45) is 5.41 Å². The lowest BCUT2D eigenvalue weighted by atomic mass is 9.86. The fraction of sp³-hybridized carbons (Fsp3) is 0.462. The van der Waals surface area contributed by atoms with Gasteiger partial charge in [0.15, 0.2) is 0 Å². The van der Waals surface area contributed by atoms with Crippen molar-refractivity contribution in [3.63, 3.8) is 0 Å². The number of rotatable bonds is 3. The molecule has 2 aliphatic rings. The highest BCUT2D eigenvalue weighted by Crippen LogP contribution is 2.31. The van der Waals surface area contributed by atoms with Crippen molar-refractivity contribution >= 4 is 11.6 Å². The Labute approximate surface area is 105 Å². The molecule has 1 saturated heterocycles. The summed E-state index contributed by atoms with van der Waals surface area (Å²) in [4.78, 5) is 12.1. The van der Waals surface area contributed by atoms with E-state index in [2.05, 4.69) is 5.32 Å². The monoisotopic (exact) mass is 249 g/mol. The normalized spacial score (nSPS) is 19.6. The second-order valence-electron chi connectivity index (χ2n) is 4.81. The fourth-order valence-corrected chi connectivity index (χ4v) is 2.17. The molecule has 0 aromatic heterocycles. The molecule has 0 spiro atoms. The Kier molecular flexibility index (Phi) is 2.72. The number of nitrogens with one attached hydrogen (secondary N) is 1. The highest BCUT2D eigenvalue weighted by molar-refractivity contribution is 5.96. The molecule has 18 heavy (non-hydrogen) atoms. The van der Waals surface area contributed by atoms with E-state index in [0.717, 1.165) is 23.4 Å². The summed E-state index contributed by atoms with van der Waals surface area (Å²) in [6, 6.07) is 5.60. The van der Waals surface area contributed by atoms with E-state index in [1.165, 1.54) is 0 Å². The van der Waals surface area contributed by atoms with Gasteiger partial charge in [-0.25, -0.2) is 0 Å². The predicted octanol–water partition coefficient (Wildman–Crippen LogP) is 0.569. The molecule has 96 valence electrons. The minimum absolute atomic E-state index is 0.185. The van der Waals surface area contributed by atoms with E-state index in [1.807, 2.05) is 18.2 Å². The largest absolute Gasteiger partial charge is 0.493 e. The van der Waals surface area contributed by atoms with Crippen LogP contribution in [-0.2, 0) is 16.0 Å². The molecular formula is C13H15NO4. The van der Waals surface area contributed by atoms with Crippen LogP contribution >= 0.6 is 0 Å². The molecule has 5 heteroatoms. The van der Waals surface area contributed by atoms with E-state index in [0.29, 0.717) is 6.61 Å². The summed E-state index contributed by atoms with van der Waals surface area (Å²) in [7, 11) is 0. The number of hydrogen-bond acceptors (Lipinski definition) is 4. The second-order valence-corrected chi connectivity index (χ2v) is 4.81. The number of benzene rings is 1. The average Bonchev–Trinajstić information content (AvgIpc) is 2.75. The zero-order valence-electron chi connectivity index (χ0n) is 9.94. The predicted molar refractivity (Wildman–Crippen MR) is 64.6 cm³/mol. The maximum Gasteiger partial charge on any atom is 0.237 e. The summed E-state index contributed by atoms with van der Waals surface area (Å²) >= 11 is 0. The molecular weight excluding hydrogens is 234 g/mol. The number of aliphatic hydroxyl groups excluding tert-OH is 1. The maximum absolute atomic E-state index is 12.1. The van der Waals surface area contributed by atoms with Crippen LogP contribution in [0.15, 0.2) is 18.2 Å². The Morgan fingerprint density at radius 3 is 2.94 bits per heavy atom. The standard InChI is InChI=1S/C13H15NO4/c15-6-13(7-17-8-13)12(16)14-10-1-2-11-9(5-10)3-4-18-11/h1-2,5,15H,3-4,6-8H2,(H,14,16). The smallest absolute Gasteiger partial charge is 0.237 e. The molecule has 0 saturated carbocycles. The summed E-state index contributed by atoms with van der Waals surface area (Å²) in [6.45, 7) is 1.07. The fourth-order valence-electron chi connectivity index (χ4n) is 2.17. The van der Waals surface area contributed by atoms with Crippen molar-refractivity contribution < 1.29 is 19.4 Å². The van der Waals surface area contributed by atoms with Crippen molar-refractivity contribution in [2.75, 3.05) is 31.7 Å². The average molecular weight is 249 g/mol. The first-order chi connectivity index (χ1) is 8.73. The SMILES string of the molecule is O=C(Nc1ccc2c(c1)CCO2)C1(CO)COC1. The first-order valence-electron chi connectivity index (χ1n) is 5.99. The molecule has 0 bridgehead atoms. The maximum atomic E-state index is 12.1. The van der Waals surface area contributed by atoms with Crippen LogP contribution < -0.4 is 10.1 Å². The molecule has 5 nitrogen and oxygen atoms in total. The molecule has 2 heterocycles. The number of ether oxygens (including phenoxy) is 2. The number of fused-ring (bicyclic) bond motifs is 1. The minimum atomic E-state index is -0.768. The zero-order valence-corrected chi connectivity index (χ0v) is 9.94. The van der Waals surface area contributed by atoms with Crippen LogP contribution in [-0.4, -0.2) is 37.4 Å². The van der Waals surface area contributed by atoms with E-state index >= 15 is 0 Å². The van der Waals surface area contributed by atoms with Crippen LogP contribution in [0.25, 0.3) is 0 Å². The quantitative estimate of drug-likeness (QED) is 0.821. The lowest BCUT2D eigenvalue weighted by Gasteiger charge is -2.38. The van der Waals surface area contributed by atoms with Crippen molar-refractivity contribution in [1.82, 2.24) is 0 Å². The van der Waals surface area contributed by atoms with Crippen LogP contribution in [0.2, 0.25) is 0 Å². The third-order valence-corrected chi connectivity index (χ3v) is 3.49. The molecule has 1 amide bonds. The van der Waals surface area contributed by atoms with Crippen molar-refractivity contribution in [3.8, 4) is 5.75 Å². The number of hydrogen-bond donors (Lipinski definition) is 2. The van der Waals surface area contributed by atoms with Crippen LogP contribution in [0.3, 0.4) is 0 Å². The molecule has 0 aliphatic carbocycles. The van der Waals surface area contributed by atoms with Gasteiger partial charge in [-0.05, 0) is 23.8 Å². The molecule has 2 aliphatic heterocycles. The number of carbonyl (C=O) groups is 1. The van der Waals surface area contributed by atoms with E-state index in [-0.39, 0.29) is 25.7 Å². The summed E-state index contributed by atoms with van der Waals surface area (Å²) in [5.74, 6) is 0.701. The summed E-state index contributed by atoms with van der Waals surface area (Å²) in [5, 5.41) is 12.1.